The molecule has 0 bridgehead atoms. The number of allylic oxidation sites excluding steroid dienone is 4. The van der Waals surface area contributed by atoms with Crippen LogP contribution in [-0.2, 0) is 0 Å². The smallest absolute Gasteiger partial charge is 0.279 e. The first-order chi connectivity index (χ1) is 10.6. The molecule has 4 nitrogen and oxygen atoms in total. The van der Waals surface area contributed by atoms with Crippen molar-refractivity contribution in [1.29, 1.82) is 5.26 Å². The Morgan fingerprint density at radius 2 is 2.14 bits per heavy atom. The van der Waals surface area contributed by atoms with E-state index in [0.29, 0.717) is 26.7 Å². The topological polar surface area (TPSA) is 57.0 Å². The predicted octanol–water partition coefficient (Wildman–Crippen LogP) is 3.47. The van der Waals surface area contributed by atoms with Crippen LogP contribution in [0.2, 0.25) is 0 Å². The SMILES string of the molecule is CN1C=C(Cl)C=C/C1=C(/C#N)c1nc(=O)c2ccccc2s1. The van der Waals surface area contributed by atoms with Gasteiger partial charge in [-0.1, -0.05) is 23.7 Å². The molecule has 1 aliphatic heterocycles. The Kier molecular flexibility index (Phi) is 3.80. The molecule has 22 heavy (non-hydrogen) atoms. The monoisotopic (exact) mass is 327 g/mol. The van der Waals surface area contributed by atoms with Gasteiger partial charge >= 0.3 is 0 Å². The first kappa shape index (κ1) is 14.5. The predicted molar refractivity (Wildman–Crippen MR) is 89.3 cm³/mol. The van der Waals surface area contributed by atoms with Crippen LogP contribution >= 0.6 is 22.9 Å². The minimum atomic E-state index is -0.325. The molecule has 0 spiro atoms. The highest BCUT2D eigenvalue weighted by Crippen LogP contribution is 2.28. The molecule has 0 radical (unpaired) electrons. The molecule has 1 aromatic carbocycles. The van der Waals surface area contributed by atoms with Crippen molar-refractivity contribution in [2.24, 2.45) is 0 Å². The normalized spacial score (nSPS) is 16.4. The second-order valence-corrected chi connectivity index (χ2v) is 6.12. The van der Waals surface area contributed by atoms with Gasteiger partial charge in [0.25, 0.3) is 5.56 Å². The Hall–Kier alpha value is -2.42. The lowest BCUT2D eigenvalue weighted by Gasteiger charge is -2.20. The van der Waals surface area contributed by atoms with Gasteiger partial charge in [-0.25, -0.2) is 0 Å². The zero-order valence-corrected chi connectivity index (χ0v) is 13.1. The molecule has 108 valence electrons. The summed E-state index contributed by atoms with van der Waals surface area (Å²) in [7, 11) is 1.79. The molecule has 0 amide bonds. The third-order valence-corrected chi connectivity index (χ3v) is 4.49. The van der Waals surface area contributed by atoms with Crippen LogP contribution in [0.3, 0.4) is 0 Å². The van der Waals surface area contributed by atoms with Crippen molar-refractivity contribution in [3.63, 3.8) is 0 Å². The summed E-state index contributed by atoms with van der Waals surface area (Å²) in [6, 6.07) is 9.39. The maximum absolute atomic E-state index is 12.1. The van der Waals surface area contributed by atoms with Gasteiger partial charge in [0.05, 0.1) is 16.1 Å². The summed E-state index contributed by atoms with van der Waals surface area (Å²) in [5.41, 5.74) is 0.686. The van der Waals surface area contributed by atoms with E-state index in [4.69, 9.17) is 11.6 Å². The van der Waals surface area contributed by atoms with Crippen molar-refractivity contribution in [2.45, 2.75) is 0 Å². The number of rotatable bonds is 1. The molecule has 0 N–H and O–H groups in total. The third-order valence-electron chi connectivity index (χ3n) is 3.21. The second-order valence-electron chi connectivity index (χ2n) is 4.65. The largest absolute Gasteiger partial charge is 0.348 e. The summed E-state index contributed by atoms with van der Waals surface area (Å²) in [6.07, 6.45) is 5.16. The molecular formula is C16H10ClN3OS. The summed E-state index contributed by atoms with van der Waals surface area (Å²) in [6.45, 7) is 0. The number of likely N-dealkylation sites (N-methyl/N-ethyl adjacent to an activating group) is 1. The fourth-order valence-corrected chi connectivity index (χ4v) is 3.38. The standard InChI is InChI=1S/C16H10ClN3OS/c1-20-9-10(17)6-7-13(20)12(8-18)16-19-15(21)11-4-2-3-5-14(11)22-16/h2-7,9H,1H3/b13-12+. The van der Waals surface area contributed by atoms with E-state index in [1.54, 1.807) is 42.4 Å². The molecule has 0 saturated carbocycles. The highest BCUT2D eigenvalue weighted by Gasteiger charge is 2.16. The molecule has 0 aliphatic carbocycles. The average molecular weight is 328 g/mol. The van der Waals surface area contributed by atoms with Crippen LogP contribution in [0, 0.1) is 11.3 Å². The van der Waals surface area contributed by atoms with E-state index in [9.17, 15) is 10.1 Å². The van der Waals surface area contributed by atoms with Crippen molar-refractivity contribution in [3.05, 3.63) is 68.7 Å². The van der Waals surface area contributed by atoms with Crippen LogP contribution in [0.1, 0.15) is 5.01 Å². The molecule has 2 aromatic rings. The summed E-state index contributed by atoms with van der Waals surface area (Å²) >= 11 is 7.26. The summed E-state index contributed by atoms with van der Waals surface area (Å²) < 4.78 is 0.807. The average Bonchev–Trinajstić information content (AvgIpc) is 2.50. The van der Waals surface area contributed by atoms with Crippen LogP contribution < -0.4 is 5.56 Å². The number of hydrogen-bond donors (Lipinski definition) is 0. The molecule has 3 rings (SSSR count). The van der Waals surface area contributed by atoms with Crippen LogP contribution in [0.5, 0.6) is 0 Å². The second kappa shape index (κ2) is 5.76. The first-order valence-electron chi connectivity index (χ1n) is 6.43. The van der Waals surface area contributed by atoms with E-state index in [2.05, 4.69) is 11.1 Å². The Morgan fingerprint density at radius 3 is 2.86 bits per heavy atom. The number of nitrogens with zero attached hydrogens (tertiary/aromatic N) is 3. The van der Waals surface area contributed by atoms with Gasteiger partial charge in [-0.2, -0.15) is 10.2 Å². The van der Waals surface area contributed by atoms with Gasteiger partial charge in [0, 0.05) is 17.9 Å². The van der Waals surface area contributed by atoms with Crippen molar-refractivity contribution < 1.29 is 0 Å². The van der Waals surface area contributed by atoms with Crippen LogP contribution in [0.25, 0.3) is 15.7 Å². The summed E-state index contributed by atoms with van der Waals surface area (Å²) in [5.74, 6) is 0. The minimum absolute atomic E-state index is 0.325. The van der Waals surface area contributed by atoms with Gasteiger partial charge in [-0.3, -0.25) is 4.79 Å². The van der Waals surface area contributed by atoms with Gasteiger partial charge in [0.15, 0.2) is 0 Å². The summed E-state index contributed by atoms with van der Waals surface area (Å²) in [5, 5.41) is 11.1. The Morgan fingerprint density at radius 1 is 1.36 bits per heavy atom. The van der Waals surface area contributed by atoms with Crippen molar-refractivity contribution in [2.75, 3.05) is 7.05 Å². The van der Waals surface area contributed by atoms with Gasteiger partial charge in [0.1, 0.15) is 16.6 Å². The highest BCUT2D eigenvalue weighted by atomic mass is 35.5. The fourth-order valence-electron chi connectivity index (χ4n) is 2.17. The van der Waals surface area contributed by atoms with Gasteiger partial charge in [-0.15, -0.1) is 11.3 Å². The minimum Gasteiger partial charge on any atom is -0.348 e. The van der Waals surface area contributed by atoms with Crippen LogP contribution in [-0.4, -0.2) is 16.9 Å². The van der Waals surface area contributed by atoms with Crippen molar-refractivity contribution in [3.8, 4) is 6.07 Å². The van der Waals surface area contributed by atoms with E-state index in [1.807, 2.05) is 12.1 Å². The highest BCUT2D eigenvalue weighted by molar-refractivity contribution is 7.19. The molecule has 2 heterocycles. The third kappa shape index (κ3) is 2.54. The molecule has 0 saturated heterocycles. The number of halogens is 1. The zero-order valence-electron chi connectivity index (χ0n) is 11.6. The Balaban J connectivity index is 2.23. The Bertz CT molecular complexity index is 950. The van der Waals surface area contributed by atoms with E-state index in [1.165, 1.54) is 11.3 Å². The van der Waals surface area contributed by atoms with E-state index in [0.717, 1.165) is 4.70 Å². The molecule has 0 fully saturated rings. The van der Waals surface area contributed by atoms with Crippen molar-refractivity contribution >= 4 is 38.6 Å². The van der Waals surface area contributed by atoms with E-state index >= 15 is 0 Å². The lowest BCUT2D eigenvalue weighted by atomic mass is 10.1. The number of hydrogen-bond acceptors (Lipinski definition) is 5. The molecule has 0 unspecified atom stereocenters. The van der Waals surface area contributed by atoms with Crippen LogP contribution in [0.4, 0.5) is 0 Å². The Labute approximate surface area is 135 Å². The molecular weight excluding hydrogens is 318 g/mol. The zero-order chi connectivity index (χ0) is 15.7. The maximum atomic E-state index is 12.1. The quantitative estimate of drug-likeness (QED) is 0.752. The molecule has 1 aliphatic rings. The molecule has 0 atom stereocenters. The van der Waals surface area contributed by atoms with Gasteiger partial charge in [0.2, 0.25) is 0 Å². The number of fused-ring (bicyclic) bond motifs is 1. The number of benzene rings is 1. The molecule has 1 aromatic heterocycles. The number of nitriles is 1. The lowest BCUT2D eigenvalue weighted by Crippen LogP contribution is -2.15. The van der Waals surface area contributed by atoms with E-state index in [-0.39, 0.29) is 5.56 Å². The fraction of sp³-hybridized carbons (Fsp3) is 0.0625. The first-order valence-corrected chi connectivity index (χ1v) is 7.62. The van der Waals surface area contributed by atoms with Gasteiger partial charge in [-0.05, 0) is 24.3 Å². The van der Waals surface area contributed by atoms with Gasteiger partial charge < -0.3 is 4.90 Å². The van der Waals surface area contributed by atoms with Crippen molar-refractivity contribution in [1.82, 2.24) is 9.88 Å². The van der Waals surface area contributed by atoms with Crippen LogP contribution in [0.15, 0.2) is 58.1 Å². The lowest BCUT2D eigenvalue weighted by molar-refractivity contribution is 0.585. The molecule has 6 heteroatoms. The summed E-state index contributed by atoms with van der Waals surface area (Å²) in [4.78, 5) is 17.9. The number of aromatic nitrogens is 1. The maximum Gasteiger partial charge on any atom is 0.279 e. The van der Waals surface area contributed by atoms with E-state index < -0.39 is 0 Å².